The molecule has 0 radical (unpaired) electrons. The lowest BCUT2D eigenvalue weighted by Crippen LogP contribution is -2.14. The summed E-state index contributed by atoms with van der Waals surface area (Å²) < 4.78 is 5.51. The fourth-order valence-electron chi connectivity index (χ4n) is 2.14. The SMILES string of the molecule is Cc1ncc(-c2ccnc(SCCN(C)C)n2)c(-c2ccco2)n1. The van der Waals surface area contributed by atoms with E-state index < -0.39 is 0 Å². The minimum absolute atomic E-state index is 0.694. The van der Waals surface area contributed by atoms with E-state index in [1.807, 2.05) is 25.1 Å². The van der Waals surface area contributed by atoms with Gasteiger partial charge in [-0.05, 0) is 39.2 Å². The monoisotopic (exact) mass is 341 g/mol. The maximum Gasteiger partial charge on any atom is 0.188 e. The average Bonchev–Trinajstić information content (AvgIpc) is 3.09. The Labute approximate surface area is 145 Å². The number of furan rings is 1. The van der Waals surface area contributed by atoms with Gasteiger partial charge in [-0.1, -0.05) is 11.8 Å². The van der Waals surface area contributed by atoms with Gasteiger partial charge in [0, 0.05) is 30.3 Å². The van der Waals surface area contributed by atoms with E-state index in [-0.39, 0.29) is 0 Å². The van der Waals surface area contributed by atoms with Crippen LogP contribution < -0.4 is 0 Å². The maximum absolute atomic E-state index is 5.51. The lowest BCUT2D eigenvalue weighted by molar-refractivity contribution is 0.437. The lowest BCUT2D eigenvalue weighted by Gasteiger charge is -2.09. The quantitative estimate of drug-likeness (QED) is 0.504. The second kappa shape index (κ2) is 7.55. The van der Waals surface area contributed by atoms with Crippen molar-refractivity contribution in [3.05, 3.63) is 42.7 Å². The molecule has 24 heavy (non-hydrogen) atoms. The minimum atomic E-state index is 0.694. The summed E-state index contributed by atoms with van der Waals surface area (Å²) >= 11 is 1.64. The van der Waals surface area contributed by atoms with Gasteiger partial charge in [-0.15, -0.1) is 0 Å². The van der Waals surface area contributed by atoms with Crippen LogP contribution >= 0.6 is 11.8 Å². The van der Waals surface area contributed by atoms with Gasteiger partial charge in [0.1, 0.15) is 11.5 Å². The Hall–Kier alpha value is -2.25. The molecule has 0 fully saturated rings. The molecule has 0 saturated heterocycles. The summed E-state index contributed by atoms with van der Waals surface area (Å²) in [6.07, 6.45) is 5.20. The van der Waals surface area contributed by atoms with Gasteiger partial charge < -0.3 is 9.32 Å². The van der Waals surface area contributed by atoms with Gasteiger partial charge in [-0.25, -0.2) is 19.9 Å². The molecule has 0 unspecified atom stereocenters. The molecule has 3 aromatic heterocycles. The first kappa shape index (κ1) is 16.6. The number of nitrogens with zero attached hydrogens (tertiary/aromatic N) is 5. The fraction of sp³-hybridized carbons (Fsp3) is 0.294. The van der Waals surface area contributed by atoms with E-state index in [4.69, 9.17) is 4.42 Å². The highest BCUT2D eigenvalue weighted by atomic mass is 32.2. The topological polar surface area (TPSA) is 67.9 Å². The van der Waals surface area contributed by atoms with E-state index >= 15 is 0 Å². The zero-order valence-corrected chi connectivity index (χ0v) is 14.7. The minimum Gasteiger partial charge on any atom is -0.463 e. The van der Waals surface area contributed by atoms with Gasteiger partial charge in [-0.3, -0.25) is 0 Å². The van der Waals surface area contributed by atoms with Crippen molar-refractivity contribution in [2.75, 3.05) is 26.4 Å². The van der Waals surface area contributed by atoms with E-state index in [1.54, 1.807) is 30.4 Å². The van der Waals surface area contributed by atoms with Crippen molar-refractivity contribution < 1.29 is 4.42 Å². The van der Waals surface area contributed by atoms with Crippen molar-refractivity contribution in [1.29, 1.82) is 0 Å². The van der Waals surface area contributed by atoms with E-state index in [0.717, 1.165) is 34.4 Å². The first-order valence-electron chi connectivity index (χ1n) is 7.62. The van der Waals surface area contributed by atoms with Crippen molar-refractivity contribution in [2.24, 2.45) is 0 Å². The van der Waals surface area contributed by atoms with Gasteiger partial charge in [0.15, 0.2) is 10.9 Å². The molecule has 0 spiro atoms. The molecule has 3 aromatic rings. The molecule has 0 aromatic carbocycles. The Morgan fingerprint density at radius 3 is 2.79 bits per heavy atom. The van der Waals surface area contributed by atoms with Gasteiger partial charge >= 0.3 is 0 Å². The van der Waals surface area contributed by atoms with Crippen molar-refractivity contribution in [3.8, 4) is 22.7 Å². The van der Waals surface area contributed by atoms with Crippen LogP contribution in [0.5, 0.6) is 0 Å². The highest BCUT2D eigenvalue weighted by Crippen LogP contribution is 2.29. The zero-order valence-electron chi connectivity index (χ0n) is 13.9. The molecular weight excluding hydrogens is 322 g/mol. The summed E-state index contributed by atoms with van der Waals surface area (Å²) in [7, 11) is 4.11. The number of hydrogen-bond acceptors (Lipinski definition) is 7. The lowest BCUT2D eigenvalue weighted by atomic mass is 10.1. The summed E-state index contributed by atoms with van der Waals surface area (Å²) in [5.41, 5.74) is 2.38. The number of aryl methyl sites for hydroxylation is 1. The van der Waals surface area contributed by atoms with Crippen LogP contribution in [0.15, 0.2) is 46.4 Å². The smallest absolute Gasteiger partial charge is 0.188 e. The Morgan fingerprint density at radius 1 is 1.17 bits per heavy atom. The molecule has 7 heteroatoms. The van der Waals surface area contributed by atoms with E-state index in [0.29, 0.717) is 11.6 Å². The van der Waals surface area contributed by atoms with E-state index in [9.17, 15) is 0 Å². The van der Waals surface area contributed by atoms with Crippen molar-refractivity contribution in [1.82, 2.24) is 24.8 Å². The Balaban J connectivity index is 1.92. The molecule has 0 atom stereocenters. The zero-order chi connectivity index (χ0) is 16.9. The number of hydrogen-bond donors (Lipinski definition) is 0. The van der Waals surface area contributed by atoms with Crippen LogP contribution in [0.3, 0.4) is 0 Å². The first-order valence-corrected chi connectivity index (χ1v) is 8.60. The number of thioether (sulfide) groups is 1. The predicted octanol–water partition coefficient (Wildman–Crippen LogP) is 3.16. The molecular formula is C17H19N5OS. The normalized spacial score (nSPS) is 11.2. The van der Waals surface area contributed by atoms with Crippen LogP contribution in [0, 0.1) is 6.92 Å². The molecule has 3 heterocycles. The molecule has 3 rings (SSSR count). The maximum atomic E-state index is 5.51. The molecule has 124 valence electrons. The fourth-order valence-corrected chi connectivity index (χ4v) is 3.08. The summed E-state index contributed by atoms with van der Waals surface area (Å²) in [5, 5.41) is 0.750. The van der Waals surface area contributed by atoms with Gasteiger partial charge in [0.2, 0.25) is 0 Å². The van der Waals surface area contributed by atoms with Crippen LogP contribution in [0.25, 0.3) is 22.7 Å². The van der Waals surface area contributed by atoms with Crippen LogP contribution in [0.4, 0.5) is 0 Å². The average molecular weight is 341 g/mol. The van der Waals surface area contributed by atoms with Crippen LogP contribution in [0.2, 0.25) is 0 Å². The highest BCUT2D eigenvalue weighted by Gasteiger charge is 2.14. The van der Waals surface area contributed by atoms with Crippen LogP contribution in [0.1, 0.15) is 5.82 Å². The Morgan fingerprint density at radius 2 is 2.04 bits per heavy atom. The van der Waals surface area contributed by atoms with Crippen molar-refractivity contribution >= 4 is 11.8 Å². The Kier molecular flexibility index (Phi) is 5.22. The second-order valence-corrected chi connectivity index (χ2v) is 6.60. The molecule has 0 aliphatic carbocycles. The van der Waals surface area contributed by atoms with Crippen molar-refractivity contribution in [2.45, 2.75) is 12.1 Å². The highest BCUT2D eigenvalue weighted by molar-refractivity contribution is 7.99. The van der Waals surface area contributed by atoms with E-state index in [1.165, 1.54) is 0 Å². The molecule has 0 bridgehead atoms. The van der Waals surface area contributed by atoms with Gasteiger partial charge in [0.05, 0.1) is 12.0 Å². The standard InChI is InChI=1S/C17H19N5OS/c1-12-19-11-13(16(20-12)15-5-4-9-23-15)14-6-7-18-17(21-14)24-10-8-22(2)3/h4-7,9,11H,8,10H2,1-3H3. The number of rotatable bonds is 6. The first-order chi connectivity index (χ1) is 11.6. The Bertz CT molecular complexity index is 805. The molecule has 0 aliphatic heterocycles. The van der Waals surface area contributed by atoms with E-state index in [2.05, 4.69) is 38.9 Å². The third-order valence-electron chi connectivity index (χ3n) is 3.34. The third kappa shape index (κ3) is 3.98. The summed E-state index contributed by atoms with van der Waals surface area (Å²) in [6.45, 7) is 2.84. The summed E-state index contributed by atoms with van der Waals surface area (Å²) in [6, 6.07) is 5.61. The summed E-state index contributed by atoms with van der Waals surface area (Å²) in [5.74, 6) is 2.34. The molecule has 6 nitrogen and oxygen atoms in total. The molecule has 0 saturated carbocycles. The molecule has 0 N–H and O–H groups in total. The predicted molar refractivity (Wildman–Crippen MR) is 94.8 cm³/mol. The third-order valence-corrected chi connectivity index (χ3v) is 4.18. The van der Waals surface area contributed by atoms with Crippen molar-refractivity contribution in [3.63, 3.8) is 0 Å². The molecule has 0 aliphatic rings. The van der Waals surface area contributed by atoms with Crippen LogP contribution in [-0.2, 0) is 0 Å². The molecule has 0 amide bonds. The van der Waals surface area contributed by atoms with Crippen LogP contribution in [-0.4, -0.2) is 51.2 Å². The van der Waals surface area contributed by atoms with Gasteiger partial charge in [0.25, 0.3) is 0 Å². The number of aromatic nitrogens is 4. The summed E-state index contributed by atoms with van der Waals surface area (Å²) in [4.78, 5) is 20.0. The van der Waals surface area contributed by atoms with Gasteiger partial charge in [-0.2, -0.15) is 0 Å². The largest absolute Gasteiger partial charge is 0.463 e. The second-order valence-electron chi connectivity index (χ2n) is 5.53.